The average molecular weight is 363 g/mol. The van der Waals surface area contributed by atoms with E-state index in [1.165, 1.54) is 29.5 Å². The highest BCUT2D eigenvalue weighted by Crippen LogP contribution is 2.32. The molecule has 0 bridgehead atoms. The monoisotopic (exact) mass is 362 g/mol. The first-order valence-electron chi connectivity index (χ1n) is 10.3. The van der Waals surface area contributed by atoms with Crippen LogP contribution < -0.4 is 5.32 Å². The Labute approximate surface area is 162 Å². The van der Waals surface area contributed by atoms with Crippen LogP contribution >= 0.6 is 0 Å². The van der Waals surface area contributed by atoms with E-state index in [-0.39, 0.29) is 11.8 Å². The number of rotatable bonds is 6. The van der Waals surface area contributed by atoms with Crippen LogP contribution in [-0.4, -0.2) is 30.4 Å². The van der Waals surface area contributed by atoms with Crippen molar-refractivity contribution in [2.24, 2.45) is 11.8 Å². The van der Waals surface area contributed by atoms with Crippen molar-refractivity contribution in [3.8, 4) is 0 Å². The molecule has 1 saturated heterocycles. The Hall–Kier alpha value is -2.13. The van der Waals surface area contributed by atoms with Gasteiger partial charge in [-0.15, -0.1) is 0 Å². The third kappa shape index (κ3) is 4.98. The number of likely N-dealkylation sites (tertiary alicyclic amines) is 1. The summed E-state index contributed by atoms with van der Waals surface area (Å²) in [5.41, 5.74) is 3.98. The first kappa shape index (κ1) is 18.2. The molecule has 2 atom stereocenters. The van der Waals surface area contributed by atoms with Gasteiger partial charge >= 0.3 is 0 Å². The second-order valence-electron chi connectivity index (χ2n) is 8.41. The number of amides is 1. The van der Waals surface area contributed by atoms with Crippen LogP contribution in [0.2, 0.25) is 0 Å². The first-order valence-corrected chi connectivity index (χ1v) is 10.3. The Morgan fingerprint density at radius 1 is 1.07 bits per heavy atom. The maximum Gasteiger partial charge on any atom is 0.224 e. The van der Waals surface area contributed by atoms with Crippen molar-refractivity contribution in [2.45, 2.75) is 38.6 Å². The number of nitrogens with zero attached hydrogens (tertiary/aromatic N) is 1. The van der Waals surface area contributed by atoms with Crippen molar-refractivity contribution in [1.29, 1.82) is 0 Å². The zero-order valence-electron chi connectivity index (χ0n) is 16.2. The normalized spacial score (nSPS) is 23.1. The van der Waals surface area contributed by atoms with Crippen molar-refractivity contribution >= 4 is 5.91 Å². The molecule has 2 aliphatic rings. The van der Waals surface area contributed by atoms with Crippen LogP contribution in [0, 0.1) is 18.8 Å². The van der Waals surface area contributed by atoms with E-state index >= 15 is 0 Å². The summed E-state index contributed by atoms with van der Waals surface area (Å²) in [6.07, 6.45) is 3.50. The molecule has 4 rings (SSSR count). The molecule has 2 aromatic carbocycles. The minimum atomic E-state index is 0.0757. The van der Waals surface area contributed by atoms with E-state index in [0.29, 0.717) is 5.92 Å². The van der Waals surface area contributed by atoms with E-state index in [4.69, 9.17) is 0 Å². The van der Waals surface area contributed by atoms with Crippen molar-refractivity contribution in [2.75, 3.05) is 19.6 Å². The fraction of sp³-hybridized carbons (Fsp3) is 0.458. The molecule has 2 unspecified atom stereocenters. The summed E-state index contributed by atoms with van der Waals surface area (Å²) >= 11 is 0. The summed E-state index contributed by atoms with van der Waals surface area (Å²) in [7, 11) is 0. The van der Waals surface area contributed by atoms with E-state index in [1.54, 1.807) is 0 Å². The van der Waals surface area contributed by atoms with Gasteiger partial charge in [-0.2, -0.15) is 0 Å². The molecular formula is C24H30N2O. The third-order valence-electron chi connectivity index (χ3n) is 5.92. The summed E-state index contributed by atoms with van der Waals surface area (Å²) < 4.78 is 0. The highest BCUT2D eigenvalue weighted by Gasteiger charge is 2.33. The fourth-order valence-electron chi connectivity index (χ4n) is 4.23. The van der Waals surface area contributed by atoms with Gasteiger partial charge in [0.2, 0.25) is 5.91 Å². The van der Waals surface area contributed by atoms with Gasteiger partial charge in [0.1, 0.15) is 0 Å². The lowest BCUT2D eigenvalue weighted by Gasteiger charge is -2.37. The number of carbonyl (C=O) groups is 1. The summed E-state index contributed by atoms with van der Waals surface area (Å²) in [4.78, 5) is 15.3. The number of carbonyl (C=O) groups excluding carboxylic acids is 1. The SMILES string of the molecule is Cc1cccc(C2CC(C(=O)NCC3CC3)CN(Cc3ccccc3)C2)c1. The molecule has 1 amide bonds. The largest absolute Gasteiger partial charge is 0.356 e. The number of benzene rings is 2. The molecule has 3 heteroatoms. The molecule has 0 radical (unpaired) electrons. The Morgan fingerprint density at radius 3 is 2.63 bits per heavy atom. The predicted molar refractivity (Wildman–Crippen MR) is 109 cm³/mol. The maximum absolute atomic E-state index is 12.8. The highest BCUT2D eigenvalue weighted by molar-refractivity contribution is 5.79. The zero-order valence-corrected chi connectivity index (χ0v) is 16.2. The maximum atomic E-state index is 12.8. The van der Waals surface area contributed by atoms with E-state index in [9.17, 15) is 4.79 Å². The minimum Gasteiger partial charge on any atom is -0.356 e. The lowest BCUT2D eigenvalue weighted by Crippen LogP contribution is -2.45. The van der Waals surface area contributed by atoms with Gasteiger partial charge in [0, 0.05) is 26.2 Å². The van der Waals surface area contributed by atoms with Gasteiger partial charge in [0.05, 0.1) is 5.92 Å². The van der Waals surface area contributed by atoms with E-state index in [1.807, 2.05) is 0 Å². The van der Waals surface area contributed by atoms with Gasteiger partial charge in [0.25, 0.3) is 0 Å². The highest BCUT2D eigenvalue weighted by atomic mass is 16.1. The molecule has 1 aliphatic carbocycles. The standard InChI is InChI=1S/C24H30N2O/c1-18-6-5-9-21(12-18)22-13-23(24(27)25-14-19-10-11-19)17-26(16-22)15-20-7-3-2-4-8-20/h2-9,12,19,22-23H,10-11,13-17H2,1H3,(H,25,27). The van der Waals surface area contributed by atoms with Crippen molar-refractivity contribution in [3.05, 3.63) is 71.3 Å². The van der Waals surface area contributed by atoms with Gasteiger partial charge in [-0.05, 0) is 49.1 Å². The summed E-state index contributed by atoms with van der Waals surface area (Å²) in [5.74, 6) is 1.47. The predicted octanol–water partition coefficient (Wildman–Crippen LogP) is 4.13. The lowest BCUT2D eigenvalue weighted by molar-refractivity contribution is -0.127. The molecule has 1 heterocycles. The molecule has 3 nitrogen and oxygen atoms in total. The molecule has 1 N–H and O–H groups in total. The zero-order chi connectivity index (χ0) is 18.6. The number of piperidine rings is 1. The molecule has 2 aromatic rings. The Kier molecular flexibility index (Phi) is 5.58. The van der Waals surface area contributed by atoms with Gasteiger partial charge in [-0.3, -0.25) is 9.69 Å². The Morgan fingerprint density at radius 2 is 1.89 bits per heavy atom. The molecule has 0 spiro atoms. The molecule has 1 saturated carbocycles. The van der Waals surface area contributed by atoms with Crippen LogP contribution in [0.4, 0.5) is 0 Å². The number of aryl methyl sites for hydroxylation is 1. The third-order valence-corrected chi connectivity index (χ3v) is 5.92. The molecule has 2 fully saturated rings. The molecule has 142 valence electrons. The van der Waals surface area contributed by atoms with E-state index in [2.05, 4.69) is 71.7 Å². The minimum absolute atomic E-state index is 0.0757. The molecule has 27 heavy (non-hydrogen) atoms. The van der Waals surface area contributed by atoms with Gasteiger partial charge in [0.15, 0.2) is 0 Å². The second kappa shape index (κ2) is 8.26. The van der Waals surface area contributed by atoms with E-state index < -0.39 is 0 Å². The van der Waals surface area contributed by atoms with Crippen LogP contribution in [0.3, 0.4) is 0 Å². The van der Waals surface area contributed by atoms with Crippen LogP contribution in [-0.2, 0) is 11.3 Å². The molecular weight excluding hydrogens is 332 g/mol. The van der Waals surface area contributed by atoms with Crippen LogP contribution in [0.25, 0.3) is 0 Å². The number of hydrogen-bond donors (Lipinski definition) is 1. The fourth-order valence-corrected chi connectivity index (χ4v) is 4.23. The summed E-state index contributed by atoms with van der Waals surface area (Å²) in [5, 5.41) is 3.22. The van der Waals surface area contributed by atoms with Crippen LogP contribution in [0.15, 0.2) is 54.6 Å². The second-order valence-corrected chi connectivity index (χ2v) is 8.41. The average Bonchev–Trinajstić information content (AvgIpc) is 3.51. The van der Waals surface area contributed by atoms with Gasteiger partial charge < -0.3 is 5.32 Å². The first-order chi connectivity index (χ1) is 13.2. The molecule has 0 aromatic heterocycles. The summed E-state index contributed by atoms with van der Waals surface area (Å²) in [6.45, 7) is 5.80. The number of nitrogens with one attached hydrogen (secondary N) is 1. The van der Waals surface area contributed by atoms with Gasteiger partial charge in [-0.1, -0.05) is 60.2 Å². The number of hydrogen-bond acceptors (Lipinski definition) is 2. The van der Waals surface area contributed by atoms with Crippen molar-refractivity contribution in [1.82, 2.24) is 10.2 Å². The Bertz CT molecular complexity index is 769. The molecule has 1 aliphatic heterocycles. The van der Waals surface area contributed by atoms with Gasteiger partial charge in [-0.25, -0.2) is 0 Å². The summed E-state index contributed by atoms with van der Waals surface area (Å²) in [6, 6.07) is 19.4. The topological polar surface area (TPSA) is 32.3 Å². The smallest absolute Gasteiger partial charge is 0.224 e. The van der Waals surface area contributed by atoms with E-state index in [0.717, 1.165) is 38.5 Å². The Balaban J connectivity index is 1.49. The lowest BCUT2D eigenvalue weighted by atomic mass is 9.83. The van der Waals surface area contributed by atoms with Crippen LogP contribution in [0.1, 0.15) is 41.9 Å². The van der Waals surface area contributed by atoms with Crippen LogP contribution in [0.5, 0.6) is 0 Å². The van der Waals surface area contributed by atoms with Crippen molar-refractivity contribution in [3.63, 3.8) is 0 Å². The van der Waals surface area contributed by atoms with Crippen molar-refractivity contribution < 1.29 is 4.79 Å². The quantitative estimate of drug-likeness (QED) is 0.838.